The van der Waals surface area contributed by atoms with Gasteiger partial charge >= 0.3 is 0 Å². The van der Waals surface area contributed by atoms with Gasteiger partial charge in [-0.1, -0.05) is 24.3 Å². The molecule has 1 amide bonds. The molecule has 0 aliphatic heterocycles. The zero-order valence-corrected chi connectivity index (χ0v) is 16.8. The van der Waals surface area contributed by atoms with E-state index in [9.17, 15) is 13.2 Å². The van der Waals surface area contributed by atoms with Crippen molar-refractivity contribution in [2.45, 2.75) is 4.90 Å². The van der Waals surface area contributed by atoms with E-state index in [1.54, 1.807) is 24.4 Å². The Morgan fingerprint density at radius 1 is 0.900 bits per heavy atom. The molecule has 4 rings (SSSR count). The van der Waals surface area contributed by atoms with E-state index in [4.69, 9.17) is 0 Å². The van der Waals surface area contributed by atoms with Gasteiger partial charge in [0.1, 0.15) is 0 Å². The normalized spacial score (nSPS) is 11.4. The van der Waals surface area contributed by atoms with Crippen molar-refractivity contribution in [2.24, 2.45) is 0 Å². The fraction of sp³-hybridized carbons (Fsp3) is 0.0455. The number of nitrogens with one attached hydrogen (secondary N) is 2. The lowest BCUT2D eigenvalue weighted by molar-refractivity contribution is 0.102. The van der Waals surface area contributed by atoms with Crippen LogP contribution >= 0.6 is 0 Å². The maximum Gasteiger partial charge on any atom is 0.256 e. The van der Waals surface area contributed by atoms with Crippen molar-refractivity contribution >= 4 is 32.5 Å². The Morgan fingerprint density at radius 3 is 2.33 bits per heavy atom. The standard InChI is InChI=1S/C22H18N4O3S/c1-23-30(28,29)16-11-9-15(10-12-16)25-22(27)18-14-21(20-8-4-5-13-24-20)26-19-7-3-2-6-17(18)19/h2-14,23H,1H3,(H,25,27). The monoisotopic (exact) mass is 418 g/mol. The van der Waals surface area contributed by atoms with Gasteiger partial charge in [-0.2, -0.15) is 0 Å². The summed E-state index contributed by atoms with van der Waals surface area (Å²) in [6, 6.07) is 20.6. The number of para-hydroxylation sites is 1. The van der Waals surface area contributed by atoms with Crippen LogP contribution in [-0.4, -0.2) is 31.3 Å². The zero-order valence-electron chi connectivity index (χ0n) is 16.0. The molecule has 0 aliphatic carbocycles. The van der Waals surface area contributed by atoms with E-state index >= 15 is 0 Å². The van der Waals surface area contributed by atoms with Crippen molar-refractivity contribution in [2.75, 3.05) is 12.4 Å². The molecular weight excluding hydrogens is 400 g/mol. The number of sulfonamides is 1. The topological polar surface area (TPSA) is 101 Å². The summed E-state index contributed by atoms with van der Waals surface area (Å²) < 4.78 is 26.0. The fourth-order valence-corrected chi connectivity index (χ4v) is 3.77. The third-order valence-corrected chi connectivity index (χ3v) is 6.01. The van der Waals surface area contributed by atoms with Gasteiger partial charge in [-0.05, 0) is 55.6 Å². The minimum atomic E-state index is -3.54. The van der Waals surface area contributed by atoms with Crippen molar-refractivity contribution < 1.29 is 13.2 Å². The summed E-state index contributed by atoms with van der Waals surface area (Å²) in [7, 11) is -2.19. The molecule has 30 heavy (non-hydrogen) atoms. The summed E-state index contributed by atoms with van der Waals surface area (Å²) >= 11 is 0. The molecule has 4 aromatic rings. The number of benzene rings is 2. The first-order valence-electron chi connectivity index (χ1n) is 9.14. The second kappa shape index (κ2) is 8.02. The summed E-state index contributed by atoms with van der Waals surface area (Å²) in [5.41, 5.74) is 2.87. The van der Waals surface area contributed by atoms with Crippen molar-refractivity contribution in [1.82, 2.24) is 14.7 Å². The minimum absolute atomic E-state index is 0.120. The first kappa shape index (κ1) is 19.7. The lowest BCUT2D eigenvalue weighted by Crippen LogP contribution is -2.18. The molecule has 8 heteroatoms. The van der Waals surface area contributed by atoms with E-state index in [-0.39, 0.29) is 10.8 Å². The van der Waals surface area contributed by atoms with Crippen molar-refractivity contribution in [1.29, 1.82) is 0 Å². The van der Waals surface area contributed by atoms with Gasteiger partial charge in [-0.3, -0.25) is 9.78 Å². The molecule has 0 atom stereocenters. The highest BCUT2D eigenvalue weighted by Crippen LogP contribution is 2.25. The van der Waals surface area contributed by atoms with Crippen LogP contribution in [0.15, 0.2) is 83.9 Å². The van der Waals surface area contributed by atoms with E-state index < -0.39 is 10.0 Å². The number of hydrogen-bond acceptors (Lipinski definition) is 5. The van der Waals surface area contributed by atoms with Crippen molar-refractivity contribution in [3.05, 3.63) is 84.6 Å². The maximum atomic E-state index is 13.1. The number of nitrogens with zero attached hydrogens (tertiary/aromatic N) is 2. The van der Waals surface area contributed by atoms with Crippen molar-refractivity contribution in [3.63, 3.8) is 0 Å². The number of rotatable bonds is 5. The Balaban J connectivity index is 1.71. The molecule has 2 N–H and O–H groups in total. The van der Waals surface area contributed by atoms with Crippen LogP contribution in [0.4, 0.5) is 5.69 Å². The van der Waals surface area contributed by atoms with Crippen LogP contribution in [0.25, 0.3) is 22.3 Å². The molecule has 0 radical (unpaired) electrons. The lowest BCUT2D eigenvalue weighted by atomic mass is 10.1. The van der Waals surface area contributed by atoms with E-state index in [2.05, 4.69) is 20.0 Å². The fourth-order valence-electron chi connectivity index (χ4n) is 3.04. The lowest BCUT2D eigenvalue weighted by Gasteiger charge is -2.11. The van der Waals surface area contributed by atoms with E-state index in [0.29, 0.717) is 33.5 Å². The van der Waals surface area contributed by atoms with Crippen LogP contribution in [0.1, 0.15) is 10.4 Å². The summed E-state index contributed by atoms with van der Waals surface area (Å²) in [4.78, 5) is 22.1. The Kier molecular flexibility index (Phi) is 5.26. The van der Waals surface area contributed by atoms with Crippen LogP contribution in [0.2, 0.25) is 0 Å². The third-order valence-electron chi connectivity index (χ3n) is 4.58. The molecule has 0 saturated heterocycles. The average molecular weight is 418 g/mol. The molecule has 7 nitrogen and oxygen atoms in total. The van der Waals surface area contributed by atoms with E-state index in [1.807, 2.05) is 42.5 Å². The first-order valence-corrected chi connectivity index (χ1v) is 10.6. The van der Waals surface area contributed by atoms with Gasteiger partial charge < -0.3 is 5.32 Å². The van der Waals surface area contributed by atoms with E-state index in [0.717, 1.165) is 0 Å². The molecule has 2 aromatic carbocycles. The quantitative estimate of drug-likeness (QED) is 0.517. The minimum Gasteiger partial charge on any atom is -0.322 e. The Labute approximate surface area is 173 Å². The highest BCUT2D eigenvalue weighted by molar-refractivity contribution is 7.89. The highest BCUT2D eigenvalue weighted by Gasteiger charge is 2.16. The SMILES string of the molecule is CNS(=O)(=O)c1ccc(NC(=O)c2cc(-c3ccccn3)nc3ccccc23)cc1. The number of fused-ring (bicyclic) bond motifs is 1. The van der Waals surface area contributed by atoms with Crippen LogP contribution in [0.5, 0.6) is 0 Å². The van der Waals surface area contributed by atoms with Crippen LogP contribution in [0, 0.1) is 0 Å². The summed E-state index contributed by atoms with van der Waals surface area (Å²) in [5.74, 6) is -0.324. The average Bonchev–Trinajstić information content (AvgIpc) is 2.79. The Bertz CT molecular complexity index is 1320. The molecule has 0 aliphatic rings. The van der Waals surface area contributed by atoms with Crippen LogP contribution < -0.4 is 10.0 Å². The van der Waals surface area contributed by atoms with Gasteiger partial charge in [-0.25, -0.2) is 18.1 Å². The van der Waals surface area contributed by atoms with Gasteiger partial charge in [0.05, 0.1) is 27.4 Å². The zero-order chi connectivity index (χ0) is 21.1. The molecule has 0 bridgehead atoms. The van der Waals surface area contributed by atoms with Gasteiger partial charge in [0, 0.05) is 17.3 Å². The molecule has 150 valence electrons. The number of hydrogen-bond donors (Lipinski definition) is 2. The Hall–Kier alpha value is -3.62. The number of anilines is 1. The summed E-state index contributed by atoms with van der Waals surface area (Å²) in [5, 5.41) is 3.54. The summed E-state index contributed by atoms with van der Waals surface area (Å²) in [6.45, 7) is 0. The molecule has 2 heterocycles. The second-order valence-electron chi connectivity index (χ2n) is 6.47. The van der Waals surface area contributed by atoms with Crippen LogP contribution in [-0.2, 0) is 10.0 Å². The number of pyridine rings is 2. The number of carbonyl (C=O) groups excluding carboxylic acids is 1. The second-order valence-corrected chi connectivity index (χ2v) is 8.36. The molecule has 2 aromatic heterocycles. The van der Waals surface area contributed by atoms with E-state index in [1.165, 1.54) is 19.2 Å². The number of aromatic nitrogens is 2. The predicted octanol–water partition coefficient (Wildman–Crippen LogP) is 3.46. The molecule has 0 saturated carbocycles. The Morgan fingerprint density at radius 2 is 1.63 bits per heavy atom. The van der Waals surface area contributed by atoms with Crippen molar-refractivity contribution in [3.8, 4) is 11.4 Å². The first-order chi connectivity index (χ1) is 14.5. The van der Waals surface area contributed by atoms with Crippen LogP contribution in [0.3, 0.4) is 0 Å². The van der Waals surface area contributed by atoms with Gasteiger partial charge in [0.15, 0.2) is 0 Å². The van der Waals surface area contributed by atoms with Gasteiger partial charge in [0.25, 0.3) is 5.91 Å². The molecular formula is C22H18N4O3S. The predicted molar refractivity (Wildman–Crippen MR) is 116 cm³/mol. The molecule has 0 unspecified atom stereocenters. The largest absolute Gasteiger partial charge is 0.322 e. The molecule has 0 fully saturated rings. The number of carbonyl (C=O) groups is 1. The van der Waals surface area contributed by atoms with Gasteiger partial charge in [-0.15, -0.1) is 0 Å². The highest BCUT2D eigenvalue weighted by atomic mass is 32.2. The summed E-state index contributed by atoms with van der Waals surface area (Å²) in [6.07, 6.45) is 1.67. The number of amides is 1. The third kappa shape index (κ3) is 3.91. The molecule has 0 spiro atoms. The maximum absolute atomic E-state index is 13.1. The van der Waals surface area contributed by atoms with Gasteiger partial charge in [0.2, 0.25) is 10.0 Å². The smallest absolute Gasteiger partial charge is 0.256 e.